The van der Waals surface area contributed by atoms with Crippen LogP contribution in [-0.2, 0) is 0 Å². The summed E-state index contributed by atoms with van der Waals surface area (Å²) in [7, 11) is 0. The fourth-order valence-corrected chi connectivity index (χ4v) is 1.93. The summed E-state index contributed by atoms with van der Waals surface area (Å²) in [4.78, 5) is 4.39. The topological polar surface area (TPSA) is 35.3 Å². The molecule has 0 saturated carbocycles. The SMILES string of the molecule is FC(F)Oc1ccc(-c2coc(-c3ccccc3)n2)cc1. The second-order valence-electron chi connectivity index (χ2n) is 4.31. The molecule has 0 saturated heterocycles. The van der Waals surface area contributed by atoms with E-state index < -0.39 is 6.61 Å². The predicted octanol–water partition coefficient (Wildman–Crippen LogP) is 4.61. The summed E-state index contributed by atoms with van der Waals surface area (Å²) in [5.74, 6) is 0.624. The van der Waals surface area contributed by atoms with E-state index in [9.17, 15) is 8.78 Å². The highest BCUT2D eigenvalue weighted by molar-refractivity contribution is 5.63. The van der Waals surface area contributed by atoms with Crippen LogP contribution in [0.25, 0.3) is 22.7 Å². The highest BCUT2D eigenvalue weighted by atomic mass is 19.3. The number of alkyl halides is 2. The van der Waals surface area contributed by atoms with Crippen LogP contribution < -0.4 is 4.74 Å². The summed E-state index contributed by atoms with van der Waals surface area (Å²) < 4.78 is 33.9. The molecule has 5 heteroatoms. The monoisotopic (exact) mass is 287 g/mol. The zero-order valence-electron chi connectivity index (χ0n) is 10.9. The third-order valence-corrected chi connectivity index (χ3v) is 2.90. The van der Waals surface area contributed by atoms with Gasteiger partial charge >= 0.3 is 6.61 Å². The highest BCUT2D eigenvalue weighted by Gasteiger charge is 2.09. The smallest absolute Gasteiger partial charge is 0.387 e. The molecule has 21 heavy (non-hydrogen) atoms. The minimum absolute atomic E-state index is 0.112. The van der Waals surface area contributed by atoms with Gasteiger partial charge in [-0.15, -0.1) is 0 Å². The largest absolute Gasteiger partial charge is 0.444 e. The van der Waals surface area contributed by atoms with Crippen molar-refractivity contribution in [1.29, 1.82) is 0 Å². The first kappa shape index (κ1) is 13.3. The molecule has 0 aliphatic rings. The van der Waals surface area contributed by atoms with Crippen LogP contribution in [-0.4, -0.2) is 11.6 Å². The third kappa shape index (κ3) is 3.08. The maximum atomic E-state index is 12.1. The molecule has 0 atom stereocenters. The number of halogens is 2. The van der Waals surface area contributed by atoms with Crippen molar-refractivity contribution < 1.29 is 17.9 Å². The molecule has 3 nitrogen and oxygen atoms in total. The van der Waals surface area contributed by atoms with Gasteiger partial charge in [0, 0.05) is 11.1 Å². The molecule has 2 aromatic carbocycles. The number of rotatable bonds is 4. The Morgan fingerprint density at radius 1 is 0.905 bits per heavy atom. The van der Waals surface area contributed by atoms with Gasteiger partial charge in [0.15, 0.2) is 0 Å². The maximum Gasteiger partial charge on any atom is 0.387 e. The summed E-state index contributed by atoms with van der Waals surface area (Å²) in [5, 5.41) is 0. The predicted molar refractivity (Wildman–Crippen MR) is 74.0 cm³/mol. The summed E-state index contributed by atoms with van der Waals surface area (Å²) in [6, 6.07) is 15.8. The van der Waals surface area contributed by atoms with Crippen LogP contribution in [0.2, 0.25) is 0 Å². The standard InChI is InChI=1S/C16H11F2NO2/c17-16(18)21-13-8-6-11(7-9-13)14-10-20-15(19-14)12-4-2-1-3-5-12/h1-10,16H. The van der Waals surface area contributed by atoms with Crippen molar-refractivity contribution in [2.75, 3.05) is 0 Å². The lowest BCUT2D eigenvalue weighted by atomic mass is 10.1. The van der Waals surface area contributed by atoms with Gasteiger partial charge in [0.05, 0.1) is 0 Å². The van der Waals surface area contributed by atoms with Crippen molar-refractivity contribution >= 4 is 0 Å². The van der Waals surface area contributed by atoms with E-state index in [4.69, 9.17) is 4.42 Å². The second-order valence-corrected chi connectivity index (χ2v) is 4.31. The Morgan fingerprint density at radius 3 is 2.29 bits per heavy atom. The summed E-state index contributed by atoms with van der Waals surface area (Å²) in [6.07, 6.45) is 1.53. The van der Waals surface area contributed by atoms with Gasteiger partial charge < -0.3 is 9.15 Å². The Balaban J connectivity index is 1.83. The number of aromatic nitrogens is 1. The van der Waals surface area contributed by atoms with Crippen molar-refractivity contribution in [3.05, 3.63) is 60.9 Å². The number of benzene rings is 2. The van der Waals surface area contributed by atoms with Crippen LogP contribution in [0.5, 0.6) is 5.75 Å². The average molecular weight is 287 g/mol. The van der Waals surface area contributed by atoms with Gasteiger partial charge in [-0.25, -0.2) is 4.98 Å². The Bertz CT molecular complexity index is 709. The molecule has 1 aromatic heterocycles. The fraction of sp³-hybridized carbons (Fsp3) is 0.0625. The van der Waals surface area contributed by atoms with Crippen LogP contribution >= 0.6 is 0 Å². The van der Waals surface area contributed by atoms with E-state index in [1.54, 1.807) is 12.1 Å². The first-order chi connectivity index (χ1) is 10.2. The molecule has 0 N–H and O–H groups in total. The molecule has 0 aliphatic heterocycles. The van der Waals surface area contributed by atoms with Crippen LogP contribution in [0.15, 0.2) is 65.3 Å². The molecule has 0 unspecified atom stereocenters. The number of nitrogens with zero attached hydrogens (tertiary/aromatic N) is 1. The Hall–Kier alpha value is -2.69. The van der Waals surface area contributed by atoms with E-state index in [2.05, 4.69) is 9.72 Å². The average Bonchev–Trinajstić information content (AvgIpc) is 2.98. The zero-order chi connectivity index (χ0) is 14.7. The van der Waals surface area contributed by atoms with Crippen LogP contribution in [0.3, 0.4) is 0 Å². The lowest BCUT2D eigenvalue weighted by Gasteiger charge is -2.04. The summed E-state index contributed by atoms with van der Waals surface area (Å²) in [5.41, 5.74) is 2.28. The van der Waals surface area contributed by atoms with Gasteiger partial charge in [-0.2, -0.15) is 8.78 Å². The maximum absolute atomic E-state index is 12.1. The lowest BCUT2D eigenvalue weighted by Crippen LogP contribution is -2.01. The van der Waals surface area contributed by atoms with Gasteiger partial charge in [-0.3, -0.25) is 0 Å². The summed E-state index contributed by atoms with van der Waals surface area (Å²) in [6.45, 7) is -2.83. The van der Waals surface area contributed by atoms with E-state index in [1.807, 2.05) is 30.3 Å². The number of hydrogen-bond donors (Lipinski definition) is 0. The van der Waals surface area contributed by atoms with Gasteiger partial charge in [0.2, 0.25) is 5.89 Å². The zero-order valence-corrected chi connectivity index (χ0v) is 10.9. The van der Waals surface area contributed by atoms with Crippen molar-refractivity contribution in [3.63, 3.8) is 0 Å². The molecular weight excluding hydrogens is 276 g/mol. The number of oxazole rings is 1. The normalized spacial score (nSPS) is 10.8. The van der Waals surface area contributed by atoms with Crippen LogP contribution in [0.4, 0.5) is 8.78 Å². The molecule has 3 aromatic rings. The molecular formula is C16H11F2NO2. The van der Waals surface area contributed by atoms with Gasteiger partial charge in [-0.05, 0) is 36.4 Å². The van der Waals surface area contributed by atoms with Crippen molar-refractivity contribution in [3.8, 4) is 28.5 Å². The van der Waals surface area contributed by atoms with Crippen molar-refractivity contribution in [2.45, 2.75) is 6.61 Å². The molecule has 106 valence electrons. The minimum Gasteiger partial charge on any atom is -0.444 e. The highest BCUT2D eigenvalue weighted by Crippen LogP contribution is 2.26. The third-order valence-electron chi connectivity index (χ3n) is 2.90. The summed E-state index contributed by atoms with van der Waals surface area (Å²) >= 11 is 0. The fourth-order valence-electron chi connectivity index (χ4n) is 1.93. The molecule has 3 rings (SSSR count). The molecule has 0 fully saturated rings. The molecule has 0 radical (unpaired) electrons. The van der Waals surface area contributed by atoms with Gasteiger partial charge in [0.25, 0.3) is 0 Å². The molecule has 1 heterocycles. The quantitative estimate of drug-likeness (QED) is 0.703. The van der Waals surface area contributed by atoms with Gasteiger partial charge in [0.1, 0.15) is 17.7 Å². The van der Waals surface area contributed by atoms with Crippen LogP contribution in [0, 0.1) is 0 Å². The minimum atomic E-state index is -2.83. The molecule has 0 amide bonds. The number of hydrogen-bond acceptors (Lipinski definition) is 3. The van der Waals surface area contributed by atoms with E-state index in [0.29, 0.717) is 11.6 Å². The second kappa shape index (κ2) is 5.75. The van der Waals surface area contributed by atoms with E-state index in [1.165, 1.54) is 18.4 Å². The number of ether oxygens (including phenoxy) is 1. The first-order valence-corrected chi connectivity index (χ1v) is 6.28. The van der Waals surface area contributed by atoms with Gasteiger partial charge in [-0.1, -0.05) is 18.2 Å². The van der Waals surface area contributed by atoms with E-state index in [0.717, 1.165) is 11.1 Å². The molecule has 0 spiro atoms. The Morgan fingerprint density at radius 2 is 1.62 bits per heavy atom. The van der Waals surface area contributed by atoms with Crippen LogP contribution in [0.1, 0.15) is 0 Å². The van der Waals surface area contributed by atoms with E-state index >= 15 is 0 Å². The Labute approximate surface area is 119 Å². The van der Waals surface area contributed by atoms with Crippen molar-refractivity contribution in [1.82, 2.24) is 4.98 Å². The Kier molecular flexibility index (Phi) is 3.64. The first-order valence-electron chi connectivity index (χ1n) is 6.28. The molecule has 0 bridgehead atoms. The van der Waals surface area contributed by atoms with Crippen molar-refractivity contribution in [2.24, 2.45) is 0 Å². The lowest BCUT2D eigenvalue weighted by molar-refractivity contribution is -0.0498. The van der Waals surface area contributed by atoms with E-state index in [-0.39, 0.29) is 5.75 Å². The molecule has 0 aliphatic carbocycles.